The minimum absolute atomic E-state index is 0.0491. The van der Waals surface area contributed by atoms with Crippen LogP contribution in [0.4, 0.5) is 0 Å². The maximum absolute atomic E-state index is 10.7. The van der Waals surface area contributed by atoms with Gasteiger partial charge in [0.05, 0.1) is 11.7 Å². The Morgan fingerprint density at radius 2 is 2.26 bits per heavy atom. The molecule has 0 spiro atoms. The third kappa shape index (κ3) is 2.17. The van der Waals surface area contributed by atoms with E-state index < -0.39 is 6.10 Å². The molecule has 1 aliphatic heterocycles. The van der Waals surface area contributed by atoms with Crippen molar-refractivity contribution in [2.24, 2.45) is 0 Å². The van der Waals surface area contributed by atoms with Gasteiger partial charge in [0.25, 0.3) is 0 Å². The molecule has 2 aromatic rings. The average molecular weight is 257 g/mol. The van der Waals surface area contributed by atoms with Gasteiger partial charge in [0.15, 0.2) is 0 Å². The Bertz CT molecular complexity index is 564. The van der Waals surface area contributed by atoms with Crippen molar-refractivity contribution in [1.82, 2.24) is 15.1 Å². The highest BCUT2D eigenvalue weighted by Crippen LogP contribution is 2.33. The van der Waals surface area contributed by atoms with Gasteiger partial charge in [0, 0.05) is 12.7 Å². The minimum Gasteiger partial charge on any atom is -0.385 e. The molecule has 2 atom stereocenters. The number of nitrogens with one attached hydrogen (secondary N) is 1. The molecule has 0 bridgehead atoms. The number of hydrogen-bond acceptors (Lipinski definition) is 3. The molecule has 4 nitrogen and oxygen atoms in total. The van der Waals surface area contributed by atoms with Crippen molar-refractivity contribution in [1.29, 1.82) is 0 Å². The van der Waals surface area contributed by atoms with Gasteiger partial charge in [0.1, 0.15) is 6.10 Å². The zero-order chi connectivity index (χ0) is 13.2. The summed E-state index contributed by atoms with van der Waals surface area (Å²) in [6.45, 7) is 3.71. The van der Waals surface area contributed by atoms with Gasteiger partial charge in [0.2, 0.25) is 0 Å². The Morgan fingerprint density at radius 1 is 1.42 bits per heavy atom. The summed E-state index contributed by atoms with van der Waals surface area (Å²) in [5, 5.41) is 18.3. The van der Waals surface area contributed by atoms with Gasteiger partial charge in [-0.05, 0) is 37.1 Å². The first-order valence-electron chi connectivity index (χ1n) is 6.82. The molecule has 1 aliphatic rings. The quantitative estimate of drug-likeness (QED) is 0.882. The minimum atomic E-state index is -0.566. The third-order valence-electron chi connectivity index (χ3n) is 3.82. The number of benzene rings is 1. The van der Waals surface area contributed by atoms with Gasteiger partial charge in [-0.2, -0.15) is 5.10 Å². The van der Waals surface area contributed by atoms with Crippen molar-refractivity contribution in [3.63, 3.8) is 0 Å². The highest BCUT2D eigenvalue weighted by Gasteiger charge is 2.28. The first kappa shape index (κ1) is 12.4. The van der Waals surface area contributed by atoms with Gasteiger partial charge in [-0.3, -0.25) is 4.68 Å². The molecule has 2 heterocycles. The highest BCUT2D eigenvalue weighted by molar-refractivity contribution is 5.34. The Kier molecular flexibility index (Phi) is 3.36. The predicted molar refractivity (Wildman–Crippen MR) is 73.8 cm³/mol. The number of aromatic nitrogens is 2. The third-order valence-corrected chi connectivity index (χ3v) is 3.82. The van der Waals surface area contributed by atoms with Crippen LogP contribution in [0, 0.1) is 0 Å². The zero-order valence-electron chi connectivity index (χ0n) is 11.1. The lowest BCUT2D eigenvalue weighted by molar-refractivity contribution is 0.116. The van der Waals surface area contributed by atoms with Gasteiger partial charge in [-0.25, -0.2) is 0 Å². The van der Waals surface area contributed by atoms with E-state index in [1.165, 1.54) is 11.1 Å². The molecule has 2 N–H and O–H groups in total. The standard InChI is InChI=1S/C15H19N3O/c1-2-18-13(8-10-17-18)15(19)14-12-6-4-3-5-11(12)7-9-16-14/h3-6,8,10,14-16,19H,2,7,9H2,1H3. The van der Waals surface area contributed by atoms with E-state index >= 15 is 0 Å². The maximum atomic E-state index is 10.7. The second kappa shape index (κ2) is 5.15. The van der Waals surface area contributed by atoms with Crippen molar-refractivity contribution >= 4 is 0 Å². The topological polar surface area (TPSA) is 50.1 Å². The first-order chi connectivity index (χ1) is 9.31. The number of rotatable bonds is 3. The molecule has 0 aliphatic carbocycles. The summed E-state index contributed by atoms with van der Waals surface area (Å²) in [5.41, 5.74) is 3.40. The predicted octanol–water partition coefficient (Wildman–Crippen LogP) is 1.82. The molecule has 2 unspecified atom stereocenters. The summed E-state index contributed by atoms with van der Waals surface area (Å²) < 4.78 is 1.85. The Labute approximate surface area is 113 Å². The van der Waals surface area contributed by atoms with Crippen LogP contribution in [0.3, 0.4) is 0 Å². The van der Waals surface area contributed by atoms with Gasteiger partial charge in [-0.15, -0.1) is 0 Å². The zero-order valence-corrected chi connectivity index (χ0v) is 11.1. The van der Waals surface area contributed by atoms with Gasteiger partial charge >= 0.3 is 0 Å². The summed E-state index contributed by atoms with van der Waals surface area (Å²) in [4.78, 5) is 0. The Morgan fingerprint density at radius 3 is 3.11 bits per heavy atom. The molecule has 3 rings (SSSR count). The van der Waals surface area contributed by atoms with E-state index in [1.54, 1.807) is 6.20 Å². The van der Waals surface area contributed by atoms with E-state index in [-0.39, 0.29) is 6.04 Å². The monoisotopic (exact) mass is 257 g/mol. The second-order valence-electron chi connectivity index (χ2n) is 4.90. The van der Waals surface area contributed by atoms with Gasteiger partial charge in [-0.1, -0.05) is 24.3 Å². The van der Waals surface area contributed by atoms with Crippen LogP contribution in [0.2, 0.25) is 0 Å². The molecule has 1 aromatic carbocycles. The molecule has 0 saturated heterocycles. The summed E-state index contributed by atoms with van der Waals surface area (Å²) >= 11 is 0. The number of aliphatic hydroxyl groups excluding tert-OH is 1. The van der Waals surface area contributed by atoms with E-state index in [0.717, 1.165) is 25.2 Å². The molecule has 4 heteroatoms. The molecular formula is C15H19N3O. The van der Waals surface area contributed by atoms with Crippen LogP contribution in [0.5, 0.6) is 0 Å². The molecule has 0 saturated carbocycles. The largest absolute Gasteiger partial charge is 0.385 e. The van der Waals surface area contributed by atoms with Crippen molar-refractivity contribution in [2.75, 3.05) is 6.54 Å². The van der Waals surface area contributed by atoms with Crippen LogP contribution in [0.25, 0.3) is 0 Å². The van der Waals surface area contributed by atoms with Gasteiger partial charge < -0.3 is 10.4 Å². The average Bonchev–Trinajstić information content (AvgIpc) is 2.94. The fourth-order valence-electron chi connectivity index (χ4n) is 2.85. The van der Waals surface area contributed by atoms with Crippen LogP contribution >= 0.6 is 0 Å². The van der Waals surface area contributed by atoms with Crippen LogP contribution in [-0.2, 0) is 13.0 Å². The fraction of sp³-hybridized carbons (Fsp3) is 0.400. The normalized spacial score (nSPS) is 20.0. The Hall–Kier alpha value is -1.65. The molecule has 0 amide bonds. The van der Waals surface area contributed by atoms with Crippen LogP contribution in [0.1, 0.15) is 35.9 Å². The SMILES string of the molecule is CCn1nccc1C(O)C1NCCc2ccccc21. The molecule has 0 fully saturated rings. The van der Waals surface area contributed by atoms with Crippen molar-refractivity contribution in [2.45, 2.75) is 32.0 Å². The van der Waals surface area contributed by atoms with Crippen LogP contribution in [0.15, 0.2) is 36.5 Å². The lowest BCUT2D eigenvalue weighted by atomic mass is 9.90. The van der Waals surface area contributed by atoms with E-state index in [2.05, 4.69) is 28.6 Å². The Balaban J connectivity index is 1.95. The number of aliphatic hydroxyl groups is 1. The van der Waals surface area contributed by atoms with Crippen LogP contribution in [-0.4, -0.2) is 21.4 Å². The summed E-state index contributed by atoms with van der Waals surface area (Å²) in [6.07, 6.45) is 2.20. The van der Waals surface area contributed by atoms with E-state index in [0.29, 0.717) is 0 Å². The number of hydrogen-bond donors (Lipinski definition) is 2. The summed E-state index contributed by atoms with van der Waals surface area (Å²) in [6, 6.07) is 10.2. The maximum Gasteiger partial charge on any atom is 0.115 e. The lowest BCUT2D eigenvalue weighted by Gasteiger charge is -2.30. The molecule has 100 valence electrons. The number of fused-ring (bicyclic) bond motifs is 1. The molecule has 1 aromatic heterocycles. The van der Waals surface area contributed by atoms with E-state index in [9.17, 15) is 5.11 Å². The van der Waals surface area contributed by atoms with E-state index in [4.69, 9.17) is 0 Å². The first-order valence-corrected chi connectivity index (χ1v) is 6.82. The van der Waals surface area contributed by atoms with E-state index in [1.807, 2.05) is 23.7 Å². The van der Waals surface area contributed by atoms with Crippen molar-refractivity contribution in [3.05, 3.63) is 53.3 Å². The van der Waals surface area contributed by atoms with Crippen molar-refractivity contribution < 1.29 is 5.11 Å². The second-order valence-corrected chi connectivity index (χ2v) is 4.90. The summed E-state index contributed by atoms with van der Waals surface area (Å²) in [5.74, 6) is 0. The molecule has 0 radical (unpaired) electrons. The smallest absolute Gasteiger partial charge is 0.115 e. The summed E-state index contributed by atoms with van der Waals surface area (Å²) in [7, 11) is 0. The lowest BCUT2D eigenvalue weighted by Crippen LogP contribution is -2.34. The molecular weight excluding hydrogens is 238 g/mol. The fourth-order valence-corrected chi connectivity index (χ4v) is 2.85. The highest BCUT2D eigenvalue weighted by atomic mass is 16.3. The van der Waals surface area contributed by atoms with Crippen molar-refractivity contribution in [3.8, 4) is 0 Å². The van der Waals surface area contributed by atoms with Crippen LogP contribution < -0.4 is 5.32 Å². The number of aryl methyl sites for hydroxylation is 1. The number of nitrogens with zero attached hydrogens (tertiary/aromatic N) is 2. The molecule has 19 heavy (non-hydrogen) atoms.